The van der Waals surface area contributed by atoms with Crippen LogP contribution in [0.5, 0.6) is 0 Å². The van der Waals surface area contributed by atoms with E-state index in [2.05, 4.69) is 15.9 Å². The fourth-order valence-corrected chi connectivity index (χ4v) is 1.70. The molecule has 1 aromatic heterocycles. The molecule has 1 aromatic carbocycles. The van der Waals surface area contributed by atoms with E-state index in [1.165, 1.54) is 12.1 Å². The predicted octanol–water partition coefficient (Wildman–Crippen LogP) is 3.72. The van der Waals surface area contributed by atoms with Gasteiger partial charge in [-0.3, -0.25) is 4.79 Å². The summed E-state index contributed by atoms with van der Waals surface area (Å²) in [6, 6.07) is 7.51. The maximum absolute atomic E-state index is 13.5. The predicted molar refractivity (Wildman–Crippen MR) is 61.0 cm³/mol. The summed E-state index contributed by atoms with van der Waals surface area (Å²) in [6.07, 6.45) is 0. The first-order valence-electron chi connectivity index (χ1n) is 4.64. The number of furan rings is 1. The van der Waals surface area contributed by atoms with E-state index in [1.54, 1.807) is 25.1 Å². The van der Waals surface area contributed by atoms with Crippen LogP contribution in [-0.4, -0.2) is 5.78 Å². The van der Waals surface area contributed by atoms with E-state index in [4.69, 9.17) is 4.42 Å². The molecule has 0 amide bonds. The lowest BCUT2D eigenvalue weighted by Gasteiger charge is -2.00. The van der Waals surface area contributed by atoms with E-state index < -0.39 is 11.6 Å². The molecule has 0 saturated heterocycles. The summed E-state index contributed by atoms with van der Waals surface area (Å²) >= 11 is 3.13. The molecule has 0 spiro atoms. The van der Waals surface area contributed by atoms with Crippen LogP contribution in [0, 0.1) is 12.7 Å². The summed E-state index contributed by atoms with van der Waals surface area (Å²) in [4.78, 5) is 11.8. The van der Waals surface area contributed by atoms with E-state index in [0.717, 1.165) is 0 Å². The number of ketones is 1. The summed E-state index contributed by atoms with van der Waals surface area (Å²) in [6.45, 7) is 1.73. The third kappa shape index (κ3) is 2.07. The zero-order valence-electron chi connectivity index (χ0n) is 8.46. The molecule has 0 N–H and O–H groups in total. The molecule has 1 heterocycles. The molecule has 82 valence electrons. The average Bonchev–Trinajstić information content (AvgIpc) is 2.64. The molecular formula is C12H8BrFO2. The monoisotopic (exact) mass is 282 g/mol. The van der Waals surface area contributed by atoms with Crippen LogP contribution in [0.15, 0.2) is 39.2 Å². The highest BCUT2D eigenvalue weighted by atomic mass is 79.9. The quantitative estimate of drug-likeness (QED) is 0.786. The Morgan fingerprint density at radius 2 is 2.06 bits per heavy atom. The summed E-state index contributed by atoms with van der Waals surface area (Å²) in [5.41, 5.74) is 0.0116. The van der Waals surface area contributed by atoms with Gasteiger partial charge >= 0.3 is 0 Å². The van der Waals surface area contributed by atoms with Crippen LogP contribution in [0.1, 0.15) is 21.9 Å². The Kier molecular flexibility index (Phi) is 2.92. The van der Waals surface area contributed by atoms with Crippen LogP contribution in [0.4, 0.5) is 4.39 Å². The highest BCUT2D eigenvalue weighted by molar-refractivity contribution is 9.10. The van der Waals surface area contributed by atoms with Crippen molar-refractivity contribution in [2.24, 2.45) is 0 Å². The van der Waals surface area contributed by atoms with Gasteiger partial charge in [0.05, 0.1) is 5.56 Å². The van der Waals surface area contributed by atoms with Gasteiger partial charge in [-0.1, -0.05) is 15.9 Å². The number of carbonyl (C=O) groups is 1. The first-order chi connectivity index (χ1) is 7.58. The molecule has 0 bridgehead atoms. The summed E-state index contributed by atoms with van der Waals surface area (Å²) < 4.78 is 19.3. The van der Waals surface area contributed by atoms with E-state index >= 15 is 0 Å². The molecule has 0 aliphatic heterocycles. The Morgan fingerprint density at radius 1 is 1.31 bits per heavy atom. The highest BCUT2D eigenvalue weighted by Crippen LogP contribution is 2.19. The van der Waals surface area contributed by atoms with Crippen molar-refractivity contribution < 1.29 is 13.6 Å². The Bertz CT molecular complexity index is 546. The van der Waals surface area contributed by atoms with Crippen molar-refractivity contribution in [3.8, 4) is 0 Å². The van der Waals surface area contributed by atoms with Crippen molar-refractivity contribution in [3.05, 3.63) is 57.7 Å². The molecule has 0 aliphatic rings. The lowest BCUT2D eigenvalue weighted by atomic mass is 10.1. The van der Waals surface area contributed by atoms with Crippen LogP contribution >= 0.6 is 15.9 Å². The Labute approximate surface area is 100 Å². The lowest BCUT2D eigenvalue weighted by Crippen LogP contribution is -2.02. The third-order valence-electron chi connectivity index (χ3n) is 2.14. The van der Waals surface area contributed by atoms with Gasteiger partial charge in [-0.15, -0.1) is 0 Å². The molecule has 2 rings (SSSR count). The topological polar surface area (TPSA) is 30.2 Å². The van der Waals surface area contributed by atoms with E-state index in [0.29, 0.717) is 10.2 Å². The van der Waals surface area contributed by atoms with Crippen LogP contribution in [0.2, 0.25) is 0 Å². The molecule has 0 atom stereocenters. The molecule has 4 heteroatoms. The van der Waals surface area contributed by atoms with E-state index in [1.807, 2.05) is 0 Å². The SMILES string of the molecule is Cc1ccc(C(=O)c2ccc(Br)cc2F)o1. The first-order valence-corrected chi connectivity index (χ1v) is 5.43. The number of aryl methyl sites for hydroxylation is 1. The van der Waals surface area contributed by atoms with Crippen molar-refractivity contribution in [2.45, 2.75) is 6.92 Å². The minimum atomic E-state index is -0.562. The average molecular weight is 283 g/mol. The van der Waals surface area contributed by atoms with Crippen molar-refractivity contribution in [1.82, 2.24) is 0 Å². The molecule has 0 aliphatic carbocycles. The van der Waals surface area contributed by atoms with Gasteiger partial charge in [-0.05, 0) is 37.3 Å². The van der Waals surface area contributed by atoms with Gasteiger partial charge < -0.3 is 4.42 Å². The molecule has 16 heavy (non-hydrogen) atoms. The summed E-state index contributed by atoms with van der Waals surface area (Å²) in [5, 5.41) is 0. The number of hydrogen-bond donors (Lipinski definition) is 0. The number of rotatable bonds is 2. The fourth-order valence-electron chi connectivity index (χ4n) is 1.36. The second kappa shape index (κ2) is 4.22. The van der Waals surface area contributed by atoms with Crippen LogP contribution in [0.25, 0.3) is 0 Å². The second-order valence-corrected chi connectivity index (χ2v) is 4.28. The molecule has 0 fully saturated rings. The molecule has 2 aromatic rings. The van der Waals surface area contributed by atoms with E-state index in [-0.39, 0.29) is 11.3 Å². The normalized spacial score (nSPS) is 10.4. The largest absolute Gasteiger partial charge is 0.458 e. The van der Waals surface area contributed by atoms with E-state index in [9.17, 15) is 9.18 Å². The standard InChI is InChI=1S/C12H8BrFO2/c1-7-2-5-11(16-7)12(15)9-4-3-8(13)6-10(9)14/h2-6H,1H3. The van der Waals surface area contributed by atoms with Crippen LogP contribution in [0.3, 0.4) is 0 Å². The molecular weight excluding hydrogens is 275 g/mol. The Balaban J connectivity index is 2.41. The molecule has 2 nitrogen and oxygen atoms in total. The van der Waals surface area contributed by atoms with Crippen LogP contribution in [-0.2, 0) is 0 Å². The summed E-state index contributed by atoms with van der Waals surface area (Å²) in [5.74, 6) is -0.230. The number of benzene rings is 1. The fraction of sp³-hybridized carbons (Fsp3) is 0.0833. The maximum atomic E-state index is 13.5. The Morgan fingerprint density at radius 3 is 2.62 bits per heavy atom. The van der Waals surface area contributed by atoms with Gasteiger partial charge in [-0.2, -0.15) is 0 Å². The van der Waals surface area contributed by atoms with Crippen molar-refractivity contribution >= 4 is 21.7 Å². The van der Waals surface area contributed by atoms with Gasteiger partial charge in [0, 0.05) is 4.47 Å². The molecule has 0 saturated carbocycles. The molecule has 0 unspecified atom stereocenters. The first kappa shape index (κ1) is 11.1. The minimum Gasteiger partial charge on any atom is -0.458 e. The van der Waals surface area contributed by atoms with Crippen molar-refractivity contribution in [1.29, 1.82) is 0 Å². The second-order valence-electron chi connectivity index (χ2n) is 3.36. The van der Waals surface area contributed by atoms with Gasteiger partial charge in [0.2, 0.25) is 5.78 Å². The van der Waals surface area contributed by atoms with Crippen LogP contribution < -0.4 is 0 Å². The Hall–Kier alpha value is -1.42. The highest BCUT2D eigenvalue weighted by Gasteiger charge is 2.16. The number of halogens is 2. The zero-order chi connectivity index (χ0) is 11.7. The van der Waals surface area contributed by atoms with Gasteiger partial charge in [0.1, 0.15) is 11.6 Å². The lowest BCUT2D eigenvalue weighted by molar-refractivity contribution is 0.100. The smallest absolute Gasteiger partial charge is 0.231 e. The number of hydrogen-bond acceptors (Lipinski definition) is 2. The van der Waals surface area contributed by atoms with Crippen molar-refractivity contribution in [2.75, 3.05) is 0 Å². The number of carbonyl (C=O) groups excluding carboxylic acids is 1. The third-order valence-corrected chi connectivity index (χ3v) is 2.63. The van der Waals surface area contributed by atoms with Gasteiger partial charge in [0.15, 0.2) is 5.76 Å². The minimum absolute atomic E-state index is 0.0116. The molecule has 0 radical (unpaired) electrons. The maximum Gasteiger partial charge on any atom is 0.231 e. The van der Waals surface area contributed by atoms with Gasteiger partial charge in [0.25, 0.3) is 0 Å². The van der Waals surface area contributed by atoms with Gasteiger partial charge in [-0.25, -0.2) is 4.39 Å². The van der Waals surface area contributed by atoms with Crippen molar-refractivity contribution in [3.63, 3.8) is 0 Å². The zero-order valence-corrected chi connectivity index (χ0v) is 10.0. The summed E-state index contributed by atoms with van der Waals surface area (Å²) in [7, 11) is 0.